The fourth-order valence-electron chi connectivity index (χ4n) is 6.55. The van der Waals surface area contributed by atoms with Crippen LogP contribution in [-0.4, -0.2) is 11.7 Å². The molecule has 7 unspecified atom stereocenters. The van der Waals surface area contributed by atoms with Crippen LogP contribution in [0.4, 0.5) is 0 Å². The lowest BCUT2D eigenvalue weighted by Gasteiger charge is -2.38. The lowest BCUT2D eigenvalue weighted by atomic mass is 9.66. The molecule has 96 valence electrons. The zero-order chi connectivity index (χ0) is 11.4. The predicted octanol–water partition coefficient (Wildman–Crippen LogP) is 3.47. The maximum atomic E-state index is 8.91. The Balaban J connectivity index is 1.44. The zero-order valence-electron chi connectivity index (χ0n) is 10.9. The standard InChI is InChI=1S/C16H26O/c17-6-2-1-3-10-7-13-9-14(10)16-12-5-4-11(8-12)15(13)16/h10-17H,1-9H2. The van der Waals surface area contributed by atoms with Gasteiger partial charge in [0, 0.05) is 6.61 Å². The number of hydrogen-bond donors (Lipinski definition) is 1. The van der Waals surface area contributed by atoms with Crippen molar-refractivity contribution in [3.05, 3.63) is 0 Å². The molecule has 4 aliphatic rings. The molecule has 0 radical (unpaired) electrons. The van der Waals surface area contributed by atoms with Gasteiger partial charge in [0.05, 0.1) is 0 Å². The molecular weight excluding hydrogens is 208 g/mol. The fraction of sp³-hybridized carbons (Fsp3) is 1.00. The molecule has 0 saturated heterocycles. The summed E-state index contributed by atoms with van der Waals surface area (Å²) in [6.07, 6.45) is 11.6. The highest BCUT2D eigenvalue weighted by Crippen LogP contribution is 2.69. The van der Waals surface area contributed by atoms with Gasteiger partial charge in [0.15, 0.2) is 0 Å². The van der Waals surface area contributed by atoms with Crippen LogP contribution in [0.3, 0.4) is 0 Å². The van der Waals surface area contributed by atoms with Gasteiger partial charge in [-0.1, -0.05) is 12.8 Å². The van der Waals surface area contributed by atoms with Crippen LogP contribution in [0.15, 0.2) is 0 Å². The number of fused-ring (bicyclic) bond motifs is 9. The molecule has 1 nitrogen and oxygen atoms in total. The van der Waals surface area contributed by atoms with E-state index in [4.69, 9.17) is 5.11 Å². The molecule has 0 aromatic rings. The van der Waals surface area contributed by atoms with E-state index in [-0.39, 0.29) is 0 Å². The maximum absolute atomic E-state index is 8.91. The summed E-state index contributed by atoms with van der Waals surface area (Å²) in [4.78, 5) is 0. The monoisotopic (exact) mass is 234 g/mol. The van der Waals surface area contributed by atoms with E-state index < -0.39 is 0 Å². The zero-order valence-corrected chi connectivity index (χ0v) is 10.9. The Bertz CT molecular complexity index is 300. The Kier molecular flexibility index (Phi) is 2.54. The van der Waals surface area contributed by atoms with Gasteiger partial charge in [-0.3, -0.25) is 0 Å². The lowest BCUT2D eigenvalue weighted by Crippen LogP contribution is -2.32. The minimum absolute atomic E-state index is 0.400. The third-order valence-electron chi connectivity index (χ3n) is 6.85. The van der Waals surface area contributed by atoms with Crippen LogP contribution in [0.1, 0.15) is 51.4 Å². The van der Waals surface area contributed by atoms with E-state index in [1.807, 2.05) is 0 Å². The molecule has 1 heteroatoms. The van der Waals surface area contributed by atoms with Crippen LogP contribution >= 0.6 is 0 Å². The van der Waals surface area contributed by atoms with E-state index in [1.54, 1.807) is 32.1 Å². The molecule has 0 heterocycles. The second-order valence-electron chi connectivity index (χ2n) is 7.36. The van der Waals surface area contributed by atoms with Crippen LogP contribution in [0.25, 0.3) is 0 Å². The largest absolute Gasteiger partial charge is 0.396 e. The molecule has 4 bridgehead atoms. The summed E-state index contributed by atoms with van der Waals surface area (Å²) in [5.74, 6) is 7.91. The number of aliphatic hydroxyl groups is 1. The molecule has 7 atom stereocenters. The van der Waals surface area contributed by atoms with Gasteiger partial charge >= 0.3 is 0 Å². The van der Waals surface area contributed by atoms with Crippen molar-refractivity contribution in [3.63, 3.8) is 0 Å². The minimum atomic E-state index is 0.400. The van der Waals surface area contributed by atoms with Gasteiger partial charge in [0.1, 0.15) is 0 Å². The van der Waals surface area contributed by atoms with Gasteiger partial charge in [-0.15, -0.1) is 0 Å². The number of aliphatic hydroxyl groups excluding tert-OH is 1. The molecule has 1 N–H and O–H groups in total. The second kappa shape index (κ2) is 3.98. The molecule has 4 saturated carbocycles. The number of hydrogen-bond acceptors (Lipinski definition) is 1. The summed E-state index contributed by atoms with van der Waals surface area (Å²) in [6.45, 7) is 0.400. The van der Waals surface area contributed by atoms with Crippen molar-refractivity contribution >= 4 is 0 Å². The molecule has 0 aromatic carbocycles. The van der Waals surface area contributed by atoms with Crippen LogP contribution in [0.2, 0.25) is 0 Å². The molecule has 0 amide bonds. The van der Waals surface area contributed by atoms with Crippen molar-refractivity contribution < 1.29 is 5.11 Å². The summed E-state index contributed by atoms with van der Waals surface area (Å²) in [7, 11) is 0. The maximum Gasteiger partial charge on any atom is 0.0431 e. The number of unbranched alkanes of at least 4 members (excludes halogenated alkanes) is 1. The lowest BCUT2D eigenvalue weighted by molar-refractivity contribution is 0.0989. The van der Waals surface area contributed by atoms with Gasteiger partial charge in [-0.05, 0) is 80.0 Å². The van der Waals surface area contributed by atoms with E-state index in [0.717, 1.165) is 41.9 Å². The molecule has 4 aliphatic carbocycles. The van der Waals surface area contributed by atoms with Gasteiger partial charge in [-0.25, -0.2) is 0 Å². The molecule has 17 heavy (non-hydrogen) atoms. The Morgan fingerprint density at radius 2 is 1.65 bits per heavy atom. The molecule has 4 rings (SSSR count). The van der Waals surface area contributed by atoms with Crippen LogP contribution in [-0.2, 0) is 0 Å². The first-order valence-corrected chi connectivity index (χ1v) is 7.99. The molecule has 0 aromatic heterocycles. The Labute approximate surface area is 105 Å². The predicted molar refractivity (Wildman–Crippen MR) is 68.5 cm³/mol. The third kappa shape index (κ3) is 1.47. The van der Waals surface area contributed by atoms with Crippen LogP contribution in [0.5, 0.6) is 0 Å². The molecule has 4 fully saturated rings. The first-order chi connectivity index (χ1) is 8.38. The average Bonchev–Trinajstić information content (AvgIpc) is 3.07. The van der Waals surface area contributed by atoms with E-state index in [0.29, 0.717) is 6.61 Å². The highest BCUT2D eigenvalue weighted by Gasteiger charge is 2.61. The summed E-state index contributed by atoms with van der Waals surface area (Å²) in [6, 6.07) is 0. The molecule has 0 aliphatic heterocycles. The van der Waals surface area contributed by atoms with Gasteiger partial charge < -0.3 is 5.11 Å². The first kappa shape index (κ1) is 10.8. The van der Waals surface area contributed by atoms with Gasteiger partial charge in [-0.2, -0.15) is 0 Å². The normalized spacial score (nSPS) is 54.5. The quantitative estimate of drug-likeness (QED) is 0.583. The first-order valence-electron chi connectivity index (χ1n) is 7.99. The minimum Gasteiger partial charge on any atom is -0.396 e. The van der Waals surface area contributed by atoms with Crippen molar-refractivity contribution in [2.24, 2.45) is 41.4 Å². The van der Waals surface area contributed by atoms with E-state index in [2.05, 4.69) is 0 Å². The van der Waals surface area contributed by atoms with Crippen molar-refractivity contribution in [3.8, 4) is 0 Å². The third-order valence-corrected chi connectivity index (χ3v) is 6.85. The van der Waals surface area contributed by atoms with Crippen molar-refractivity contribution in [2.45, 2.75) is 51.4 Å². The average molecular weight is 234 g/mol. The topological polar surface area (TPSA) is 20.2 Å². The Hall–Kier alpha value is -0.0400. The van der Waals surface area contributed by atoms with Gasteiger partial charge in [0.25, 0.3) is 0 Å². The van der Waals surface area contributed by atoms with Crippen LogP contribution in [0, 0.1) is 41.4 Å². The highest BCUT2D eigenvalue weighted by molar-refractivity contribution is 5.10. The summed E-state index contributed by atoms with van der Waals surface area (Å²) >= 11 is 0. The summed E-state index contributed by atoms with van der Waals surface area (Å²) in [5.41, 5.74) is 0. The summed E-state index contributed by atoms with van der Waals surface area (Å²) in [5, 5.41) is 8.91. The van der Waals surface area contributed by atoms with Crippen molar-refractivity contribution in [1.29, 1.82) is 0 Å². The highest BCUT2D eigenvalue weighted by atomic mass is 16.2. The summed E-state index contributed by atoms with van der Waals surface area (Å²) < 4.78 is 0. The number of rotatable bonds is 4. The van der Waals surface area contributed by atoms with E-state index >= 15 is 0 Å². The van der Waals surface area contributed by atoms with Gasteiger partial charge in [0.2, 0.25) is 0 Å². The SMILES string of the molecule is OCCCCC1CC2CC1C1C3CCC(C3)C21. The second-order valence-corrected chi connectivity index (χ2v) is 7.36. The van der Waals surface area contributed by atoms with Crippen molar-refractivity contribution in [2.75, 3.05) is 6.61 Å². The van der Waals surface area contributed by atoms with E-state index in [1.165, 1.54) is 18.8 Å². The van der Waals surface area contributed by atoms with Crippen molar-refractivity contribution in [1.82, 2.24) is 0 Å². The molecule has 0 spiro atoms. The Morgan fingerprint density at radius 3 is 2.47 bits per heavy atom. The Morgan fingerprint density at radius 1 is 0.824 bits per heavy atom. The smallest absolute Gasteiger partial charge is 0.0431 e. The molecular formula is C16H26O. The van der Waals surface area contributed by atoms with Crippen LogP contribution < -0.4 is 0 Å². The van der Waals surface area contributed by atoms with E-state index in [9.17, 15) is 0 Å². The fourth-order valence-corrected chi connectivity index (χ4v) is 6.55.